The van der Waals surface area contributed by atoms with E-state index < -0.39 is 0 Å². The van der Waals surface area contributed by atoms with Crippen LogP contribution in [0.2, 0.25) is 0 Å². The molecule has 0 aliphatic heterocycles. The molecule has 1 fully saturated rings. The summed E-state index contributed by atoms with van der Waals surface area (Å²) >= 11 is 0. The van der Waals surface area contributed by atoms with Gasteiger partial charge in [0.15, 0.2) is 0 Å². The van der Waals surface area contributed by atoms with Crippen LogP contribution in [0.4, 0.5) is 4.39 Å². The molecule has 1 aromatic carbocycles. The van der Waals surface area contributed by atoms with Gasteiger partial charge in [-0.1, -0.05) is 12.1 Å². The second kappa shape index (κ2) is 4.47. The molecule has 0 spiro atoms. The first-order chi connectivity index (χ1) is 7.66. The van der Waals surface area contributed by atoms with E-state index in [0.29, 0.717) is 11.8 Å². The molecule has 0 radical (unpaired) electrons. The van der Waals surface area contributed by atoms with Crippen molar-refractivity contribution in [2.24, 2.45) is 5.92 Å². The standard InChI is InChI=1S/C13H13FO2/c1-9(15)16-7-6-11-8-13(11)10-2-4-12(14)5-3-10/h2-7,11,13H,8H2,1H3/b7-6+/t11-,13+/m0/s1. The van der Waals surface area contributed by atoms with Crippen LogP contribution in [0, 0.1) is 11.7 Å². The molecule has 3 heteroatoms. The molecular formula is C13H13FO2. The van der Waals surface area contributed by atoms with E-state index in [0.717, 1.165) is 12.0 Å². The van der Waals surface area contributed by atoms with Gasteiger partial charge in [0.1, 0.15) is 5.82 Å². The maximum absolute atomic E-state index is 12.7. The second-order valence-electron chi connectivity index (χ2n) is 4.00. The Labute approximate surface area is 93.7 Å². The molecule has 1 aromatic rings. The second-order valence-corrected chi connectivity index (χ2v) is 4.00. The van der Waals surface area contributed by atoms with Gasteiger partial charge >= 0.3 is 5.97 Å². The zero-order valence-electron chi connectivity index (χ0n) is 9.02. The number of rotatable bonds is 3. The molecule has 0 unspecified atom stereocenters. The normalized spacial score (nSPS) is 23.4. The summed E-state index contributed by atoms with van der Waals surface area (Å²) < 4.78 is 17.4. The van der Waals surface area contributed by atoms with Crippen molar-refractivity contribution in [2.75, 3.05) is 0 Å². The summed E-state index contributed by atoms with van der Waals surface area (Å²) in [6.07, 6.45) is 4.36. The first-order valence-electron chi connectivity index (χ1n) is 5.26. The van der Waals surface area contributed by atoms with Crippen LogP contribution >= 0.6 is 0 Å². The van der Waals surface area contributed by atoms with Gasteiger partial charge in [-0.25, -0.2) is 4.39 Å². The molecule has 0 saturated heterocycles. The maximum atomic E-state index is 12.7. The van der Waals surface area contributed by atoms with E-state index in [1.165, 1.54) is 25.3 Å². The van der Waals surface area contributed by atoms with Crippen LogP contribution in [0.5, 0.6) is 0 Å². The lowest BCUT2D eigenvalue weighted by atomic mass is 10.1. The molecule has 0 amide bonds. The predicted octanol–water partition coefficient (Wildman–Crippen LogP) is 3.01. The van der Waals surface area contributed by atoms with E-state index in [9.17, 15) is 9.18 Å². The Morgan fingerprint density at radius 1 is 1.44 bits per heavy atom. The Hall–Kier alpha value is -1.64. The van der Waals surface area contributed by atoms with E-state index in [-0.39, 0.29) is 11.8 Å². The van der Waals surface area contributed by atoms with Crippen LogP contribution in [0.15, 0.2) is 36.6 Å². The summed E-state index contributed by atoms with van der Waals surface area (Å²) in [7, 11) is 0. The SMILES string of the molecule is CC(=O)O/C=C/[C@H]1C[C@@H]1c1ccc(F)cc1. The monoisotopic (exact) mass is 220 g/mol. The van der Waals surface area contributed by atoms with Gasteiger partial charge in [-0.05, 0) is 42.0 Å². The van der Waals surface area contributed by atoms with E-state index in [1.54, 1.807) is 12.1 Å². The third-order valence-corrected chi connectivity index (χ3v) is 2.70. The zero-order valence-corrected chi connectivity index (χ0v) is 9.02. The highest BCUT2D eigenvalue weighted by Crippen LogP contribution is 2.48. The van der Waals surface area contributed by atoms with Gasteiger partial charge in [-0.3, -0.25) is 4.79 Å². The Balaban J connectivity index is 1.89. The Bertz CT molecular complexity index is 408. The molecule has 0 bridgehead atoms. The quantitative estimate of drug-likeness (QED) is 0.578. The van der Waals surface area contributed by atoms with Crippen molar-refractivity contribution in [1.82, 2.24) is 0 Å². The summed E-state index contributed by atoms with van der Waals surface area (Å²) in [6, 6.07) is 6.56. The van der Waals surface area contributed by atoms with Crippen molar-refractivity contribution < 1.29 is 13.9 Å². The minimum absolute atomic E-state index is 0.212. The molecule has 0 N–H and O–H groups in total. The van der Waals surface area contributed by atoms with Crippen molar-refractivity contribution in [3.8, 4) is 0 Å². The highest BCUT2D eigenvalue weighted by atomic mass is 19.1. The van der Waals surface area contributed by atoms with E-state index >= 15 is 0 Å². The molecule has 2 nitrogen and oxygen atoms in total. The van der Waals surface area contributed by atoms with Gasteiger partial charge in [0.25, 0.3) is 0 Å². The molecule has 2 atom stereocenters. The summed E-state index contributed by atoms with van der Waals surface area (Å²) in [5.41, 5.74) is 1.14. The first kappa shape index (κ1) is 10.9. The molecule has 16 heavy (non-hydrogen) atoms. The van der Waals surface area contributed by atoms with Crippen molar-refractivity contribution in [2.45, 2.75) is 19.3 Å². The van der Waals surface area contributed by atoms with E-state index in [2.05, 4.69) is 0 Å². The Morgan fingerprint density at radius 2 is 2.12 bits per heavy atom. The third kappa shape index (κ3) is 2.69. The van der Waals surface area contributed by atoms with Gasteiger partial charge in [0, 0.05) is 6.92 Å². The van der Waals surface area contributed by atoms with Crippen molar-refractivity contribution in [3.63, 3.8) is 0 Å². The van der Waals surface area contributed by atoms with Crippen LogP contribution in [0.1, 0.15) is 24.8 Å². The minimum atomic E-state index is -0.310. The third-order valence-electron chi connectivity index (χ3n) is 2.70. The smallest absolute Gasteiger partial charge is 0.307 e. The largest absolute Gasteiger partial charge is 0.435 e. The highest BCUT2D eigenvalue weighted by Gasteiger charge is 2.36. The van der Waals surface area contributed by atoms with Crippen LogP contribution in [-0.2, 0) is 9.53 Å². The number of halogens is 1. The fourth-order valence-corrected chi connectivity index (χ4v) is 1.76. The van der Waals surface area contributed by atoms with E-state index in [1.807, 2.05) is 6.08 Å². The summed E-state index contributed by atoms with van der Waals surface area (Å²) in [4.78, 5) is 10.5. The van der Waals surface area contributed by atoms with E-state index in [4.69, 9.17) is 4.74 Å². The average Bonchev–Trinajstić information content (AvgIpc) is 2.98. The molecule has 84 valence electrons. The number of carbonyl (C=O) groups is 1. The number of ether oxygens (including phenoxy) is 1. The van der Waals surface area contributed by atoms with Gasteiger partial charge < -0.3 is 4.74 Å². The van der Waals surface area contributed by atoms with Crippen molar-refractivity contribution in [3.05, 3.63) is 48.0 Å². The molecular weight excluding hydrogens is 207 g/mol. The number of esters is 1. The fourth-order valence-electron chi connectivity index (χ4n) is 1.76. The predicted molar refractivity (Wildman–Crippen MR) is 58.2 cm³/mol. The lowest BCUT2D eigenvalue weighted by Gasteiger charge is -1.97. The molecule has 2 rings (SSSR count). The van der Waals surface area contributed by atoms with Crippen molar-refractivity contribution >= 4 is 5.97 Å². The summed E-state index contributed by atoms with van der Waals surface area (Å²) in [6.45, 7) is 1.37. The maximum Gasteiger partial charge on any atom is 0.307 e. The number of hydrogen-bond donors (Lipinski definition) is 0. The lowest BCUT2D eigenvalue weighted by molar-refractivity contribution is -0.135. The average molecular weight is 220 g/mol. The van der Waals surface area contributed by atoms with Gasteiger partial charge in [-0.15, -0.1) is 0 Å². The summed E-state index contributed by atoms with van der Waals surface area (Å²) in [5.74, 6) is 0.323. The van der Waals surface area contributed by atoms with Crippen LogP contribution in [0.3, 0.4) is 0 Å². The van der Waals surface area contributed by atoms with Crippen LogP contribution in [0.25, 0.3) is 0 Å². The lowest BCUT2D eigenvalue weighted by Crippen LogP contribution is -1.89. The van der Waals surface area contributed by atoms with Crippen molar-refractivity contribution in [1.29, 1.82) is 0 Å². The molecule has 0 heterocycles. The summed E-state index contributed by atoms with van der Waals surface area (Å²) in [5, 5.41) is 0. The zero-order chi connectivity index (χ0) is 11.5. The molecule has 0 aromatic heterocycles. The van der Waals surface area contributed by atoms with Crippen LogP contribution in [-0.4, -0.2) is 5.97 Å². The molecule has 1 aliphatic rings. The number of carbonyl (C=O) groups excluding carboxylic acids is 1. The fraction of sp³-hybridized carbons (Fsp3) is 0.308. The number of hydrogen-bond acceptors (Lipinski definition) is 2. The topological polar surface area (TPSA) is 26.3 Å². The number of benzene rings is 1. The van der Waals surface area contributed by atoms with Gasteiger partial charge in [-0.2, -0.15) is 0 Å². The highest BCUT2D eigenvalue weighted by molar-refractivity contribution is 5.66. The minimum Gasteiger partial charge on any atom is -0.435 e. The van der Waals surface area contributed by atoms with Crippen LogP contribution < -0.4 is 0 Å². The Morgan fingerprint density at radius 3 is 2.75 bits per heavy atom. The molecule has 1 aliphatic carbocycles. The first-order valence-corrected chi connectivity index (χ1v) is 5.26. The van der Waals surface area contributed by atoms with Gasteiger partial charge in [0.2, 0.25) is 0 Å². The Kier molecular flexibility index (Phi) is 3.04. The molecule has 1 saturated carbocycles. The number of allylic oxidation sites excluding steroid dienone is 1. The van der Waals surface area contributed by atoms with Gasteiger partial charge in [0.05, 0.1) is 6.26 Å².